The first kappa shape index (κ1) is 26.7. The van der Waals surface area contributed by atoms with Gasteiger partial charge in [-0.2, -0.15) is 0 Å². The summed E-state index contributed by atoms with van der Waals surface area (Å²) in [7, 11) is 0. The maximum atomic E-state index is 13.6. The number of ether oxygens (including phenoxy) is 2. The van der Waals surface area contributed by atoms with E-state index in [2.05, 4.69) is 20.9 Å². The number of alkyl halides is 1. The number of hydrogen-bond donors (Lipinski definition) is 0. The fraction of sp³-hybridized carbons (Fsp3) is 0.200. The average Bonchev–Trinajstić information content (AvgIpc) is 3.61. The molecule has 6 rings (SSSR count). The summed E-state index contributed by atoms with van der Waals surface area (Å²) in [6.07, 6.45) is 0.644. The van der Waals surface area contributed by atoms with Gasteiger partial charge in [0.25, 0.3) is 11.6 Å². The quantitative estimate of drug-likeness (QED) is 0.0844. The third-order valence-electron chi connectivity index (χ3n) is 6.44. The second kappa shape index (κ2) is 9.87. The van der Waals surface area contributed by atoms with E-state index in [-0.39, 0.29) is 18.0 Å². The predicted molar refractivity (Wildman–Crippen MR) is 151 cm³/mol. The lowest BCUT2D eigenvalue weighted by Crippen LogP contribution is -2.70. The number of rotatable bonds is 7. The Kier molecular flexibility index (Phi) is 6.60. The van der Waals surface area contributed by atoms with Gasteiger partial charge in [-0.15, -0.1) is 11.8 Å². The number of nitrogens with zero attached hydrogens (tertiary/aromatic N) is 4. The number of amides is 1. The van der Waals surface area contributed by atoms with Crippen molar-refractivity contribution >= 4 is 89.3 Å². The topological polar surface area (TPSA) is 133 Å². The Labute approximate surface area is 247 Å². The highest BCUT2D eigenvalue weighted by Crippen LogP contribution is 2.58. The van der Waals surface area contributed by atoms with Gasteiger partial charge in [0.2, 0.25) is 0 Å². The van der Waals surface area contributed by atoms with Crippen molar-refractivity contribution in [3.8, 4) is 0 Å². The molecule has 204 valence electrons. The molecule has 11 nitrogen and oxygen atoms in total. The Bertz CT molecular complexity index is 1770. The summed E-state index contributed by atoms with van der Waals surface area (Å²) in [5, 5.41) is 12.3. The molecule has 15 heteroatoms. The Morgan fingerprint density at radius 1 is 1.27 bits per heavy atom. The van der Waals surface area contributed by atoms with E-state index < -0.39 is 38.6 Å². The summed E-state index contributed by atoms with van der Waals surface area (Å²) in [5.41, 5.74) is 1.76. The number of thiazole rings is 1. The summed E-state index contributed by atoms with van der Waals surface area (Å²) in [4.78, 5) is 55.5. The molecule has 4 heterocycles. The van der Waals surface area contributed by atoms with Gasteiger partial charge in [0.15, 0.2) is 15.4 Å². The van der Waals surface area contributed by atoms with E-state index in [1.807, 2.05) is 16.5 Å². The highest BCUT2D eigenvalue weighted by Gasteiger charge is 2.69. The normalized spacial score (nSPS) is 20.7. The molecule has 2 aromatic carbocycles. The number of β-lactam (4-membered cyclic amide) rings is 1. The number of non-ortho nitro benzene ring substituents is 1. The first-order valence-corrected chi connectivity index (χ1v) is 14.5. The minimum Gasteiger partial charge on any atom is -0.456 e. The second-order valence-electron chi connectivity index (χ2n) is 8.96. The lowest BCUT2D eigenvalue weighted by molar-refractivity contribution is -0.384. The summed E-state index contributed by atoms with van der Waals surface area (Å²) in [6, 6.07) is 11.1. The van der Waals surface area contributed by atoms with Gasteiger partial charge < -0.3 is 9.47 Å². The van der Waals surface area contributed by atoms with Crippen LogP contribution in [-0.4, -0.2) is 46.8 Å². The summed E-state index contributed by atoms with van der Waals surface area (Å²) in [5.74, 6) is -1.81. The van der Waals surface area contributed by atoms with E-state index in [4.69, 9.17) is 21.1 Å². The number of benzene rings is 2. The van der Waals surface area contributed by atoms with Crippen molar-refractivity contribution in [1.29, 1.82) is 0 Å². The first-order valence-electron chi connectivity index (χ1n) is 11.6. The van der Waals surface area contributed by atoms with Crippen LogP contribution in [0.5, 0.6) is 0 Å². The molecule has 0 spiro atoms. The zero-order valence-corrected chi connectivity index (χ0v) is 24.3. The number of imidazole rings is 1. The van der Waals surface area contributed by atoms with Gasteiger partial charge in [0.05, 0.1) is 15.1 Å². The number of aromatic nitrogens is 2. The first-order chi connectivity index (χ1) is 19.1. The second-order valence-corrected chi connectivity index (χ2v) is 12.7. The largest absolute Gasteiger partial charge is 0.456 e. The van der Waals surface area contributed by atoms with Crippen molar-refractivity contribution in [3.63, 3.8) is 0 Å². The highest BCUT2D eigenvalue weighted by molar-refractivity contribution is 9.10. The highest BCUT2D eigenvalue weighted by atomic mass is 79.9. The molecule has 1 saturated heterocycles. The van der Waals surface area contributed by atoms with Gasteiger partial charge in [0.1, 0.15) is 23.4 Å². The minimum absolute atomic E-state index is 0.0484. The monoisotopic (exact) mass is 662 g/mol. The fourth-order valence-electron chi connectivity index (χ4n) is 4.57. The zero-order chi connectivity index (χ0) is 28.3. The van der Waals surface area contributed by atoms with Gasteiger partial charge in [0, 0.05) is 35.7 Å². The van der Waals surface area contributed by atoms with E-state index in [0.717, 1.165) is 10.2 Å². The van der Waals surface area contributed by atoms with E-state index in [9.17, 15) is 24.5 Å². The molecule has 0 bridgehead atoms. The molecule has 1 fully saturated rings. The van der Waals surface area contributed by atoms with Crippen molar-refractivity contribution in [2.75, 3.05) is 0 Å². The van der Waals surface area contributed by atoms with Crippen LogP contribution in [0.2, 0.25) is 5.02 Å². The Morgan fingerprint density at radius 3 is 2.73 bits per heavy atom. The molecular weight excluding hydrogens is 648 g/mol. The van der Waals surface area contributed by atoms with Crippen molar-refractivity contribution in [2.45, 2.75) is 29.3 Å². The Hall–Kier alpha value is -3.46. The van der Waals surface area contributed by atoms with Crippen molar-refractivity contribution in [3.05, 3.63) is 86.2 Å². The predicted octanol–water partition coefficient (Wildman–Crippen LogP) is 5.35. The number of nitro benzene ring substituents is 1. The molecule has 0 N–H and O–H groups in total. The van der Waals surface area contributed by atoms with Crippen LogP contribution in [0.15, 0.2) is 59.8 Å². The van der Waals surface area contributed by atoms with Crippen LogP contribution in [0.3, 0.4) is 0 Å². The number of thioether (sulfide) groups is 1. The minimum atomic E-state index is -1.39. The van der Waals surface area contributed by atoms with Crippen LogP contribution >= 0.6 is 50.6 Å². The maximum absolute atomic E-state index is 13.6. The summed E-state index contributed by atoms with van der Waals surface area (Å²) in [6.45, 7) is 1.12. The molecule has 2 aliphatic rings. The van der Waals surface area contributed by atoms with Crippen LogP contribution in [-0.2, 0) is 30.5 Å². The molecule has 40 heavy (non-hydrogen) atoms. The van der Waals surface area contributed by atoms with Gasteiger partial charge in [-0.05, 0) is 35.9 Å². The third kappa shape index (κ3) is 4.26. The van der Waals surface area contributed by atoms with Crippen LogP contribution in [0.1, 0.15) is 24.3 Å². The molecule has 4 aromatic rings. The number of esters is 2. The van der Waals surface area contributed by atoms with Crippen molar-refractivity contribution < 1.29 is 28.8 Å². The van der Waals surface area contributed by atoms with Crippen LogP contribution in [0, 0.1) is 10.1 Å². The van der Waals surface area contributed by atoms with Crippen LogP contribution < -0.4 is 0 Å². The van der Waals surface area contributed by atoms with E-state index in [0.29, 0.717) is 21.2 Å². The third-order valence-corrected chi connectivity index (χ3v) is 10.4. The van der Waals surface area contributed by atoms with Gasteiger partial charge in [-0.25, -0.2) is 9.78 Å². The Balaban J connectivity index is 1.22. The molecule has 0 saturated carbocycles. The fourth-order valence-corrected chi connectivity index (χ4v) is 8.13. The summed E-state index contributed by atoms with van der Waals surface area (Å²) < 4.78 is 12.4. The molecule has 2 aliphatic heterocycles. The molecule has 0 aliphatic carbocycles. The van der Waals surface area contributed by atoms with E-state index >= 15 is 0 Å². The standard InChI is InChI=1S/C25H16BrClN4O7S2/c1-12(32)38-20(16-9-29-17-7-4-14(27)8-19(17)40-24(29)28-16)25(26)22(34)30-18(11-39-23(25)30)21(33)37-10-13-2-5-15(6-3-13)31(35)36/h2-9,11,20,23H,10H2,1H3. The van der Waals surface area contributed by atoms with Gasteiger partial charge in [-0.3, -0.25) is 29.0 Å². The number of halogens is 2. The Morgan fingerprint density at radius 2 is 2.02 bits per heavy atom. The van der Waals surface area contributed by atoms with Crippen LogP contribution in [0.4, 0.5) is 5.69 Å². The number of carbonyl (C=O) groups is 3. The molecule has 3 atom stereocenters. The molecular formula is C25H16BrClN4O7S2. The molecule has 1 amide bonds. The number of nitro groups is 1. The van der Waals surface area contributed by atoms with Gasteiger partial charge in [-0.1, -0.05) is 38.9 Å². The molecule has 2 aromatic heterocycles. The lowest BCUT2D eigenvalue weighted by Gasteiger charge is -2.51. The molecule has 0 radical (unpaired) electrons. The average molecular weight is 664 g/mol. The number of hydrogen-bond acceptors (Lipinski definition) is 10. The van der Waals surface area contributed by atoms with Crippen molar-refractivity contribution in [1.82, 2.24) is 14.3 Å². The maximum Gasteiger partial charge on any atom is 0.355 e. The lowest BCUT2D eigenvalue weighted by atomic mass is 9.89. The SMILES string of the molecule is CC(=O)OC(c1cn2c(n1)sc1cc(Cl)ccc12)C1(Br)C(=O)N2C(C(=O)OCc3ccc([N+](=O)[O-])cc3)=CSC21. The smallest absolute Gasteiger partial charge is 0.355 e. The van der Waals surface area contributed by atoms with Gasteiger partial charge >= 0.3 is 11.9 Å². The molecule has 3 unspecified atom stereocenters. The van der Waals surface area contributed by atoms with E-state index in [1.54, 1.807) is 12.3 Å². The van der Waals surface area contributed by atoms with Crippen molar-refractivity contribution in [2.24, 2.45) is 0 Å². The zero-order valence-electron chi connectivity index (χ0n) is 20.3. The summed E-state index contributed by atoms with van der Waals surface area (Å²) >= 11 is 12.3. The number of fused-ring (bicyclic) bond motifs is 4. The van der Waals surface area contributed by atoms with Crippen LogP contribution in [0.25, 0.3) is 15.2 Å². The number of carbonyl (C=O) groups excluding carboxylic acids is 3. The van der Waals surface area contributed by atoms with E-state index in [1.165, 1.54) is 64.6 Å².